The van der Waals surface area contributed by atoms with Crippen molar-refractivity contribution in [3.05, 3.63) is 56.2 Å². The summed E-state index contributed by atoms with van der Waals surface area (Å²) in [6.45, 7) is 1.53. The van der Waals surface area contributed by atoms with Crippen molar-refractivity contribution in [2.24, 2.45) is 0 Å². The van der Waals surface area contributed by atoms with E-state index < -0.39 is 11.9 Å². The third-order valence-electron chi connectivity index (χ3n) is 2.63. The van der Waals surface area contributed by atoms with Crippen LogP contribution in [0.1, 0.15) is 18.6 Å². The highest BCUT2D eigenvalue weighted by molar-refractivity contribution is 9.10. The number of aliphatic hydroxyl groups excluding tert-OH is 1. The second kappa shape index (κ2) is 6.31. The van der Waals surface area contributed by atoms with E-state index in [4.69, 9.17) is 27.9 Å². The molecule has 0 heterocycles. The summed E-state index contributed by atoms with van der Waals surface area (Å²) in [4.78, 5) is 0. The van der Waals surface area contributed by atoms with Crippen LogP contribution in [0, 0.1) is 5.82 Å². The normalized spacial score (nSPS) is 12.3. The molecule has 0 aromatic heterocycles. The number of para-hydroxylation sites is 1. The summed E-state index contributed by atoms with van der Waals surface area (Å²) in [5, 5.41) is 10.3. The molecule has 2 nitrogen and oxygen atoms in total. The molecule has 2 aromatic rings. The minimum absolute atomic E-state index is 0.0669. The van der Waals surface area contributed by atoms with Crippen molar-refractivity contribution in [2.45, 2.75) is 13.0 Å². The Labute approximate surface area is 134 Å². The molecule has 0 radical (unpaired) electrons. The molecule has 0 amide bonds. The average Bonchev–Trinajstić information content (AvgIpc) is 2.37. The maximum absolute atomic E-state index is 13.9. The first-order valence-electron chi connectivity index (χ1n) is 5.69. The Hall–Kier alpha value is -0.810. The molecule has 0 spiro atoms. The van der Waals surface area contributed by atoms with Crippen LogP contribution in [-0.2, 0) is 0 Å². The predicted octanol–water partition coefficient (Wildman–Crippen LogP) is 5.74. The zero-order valence-corrected chi connectivity index (χ0v) is 13.4. The Bertz CT molecular complexity index is 647. The molecular formula is C14H10BrCl2FO2. The van der Waals surface area contributed by atoms with Gasteiger partial charge in [-0.3, -0.25) is 0 Å². The number of halogens is 4. The van der Waals surface area contributed by atoms with Gasteiger partial charge in [-0.15, -0.1) is 0 Å². The standard InChI is InChI=1S/C14H10BrCl2FO2/c1-7(19)8-3-2-4-12(18)14(8)20-13-6-10(16)9(15)5-11(13)17/h2-7,19H,1H3/t7-/m0/s1. The molecule has 2 rings (SSSR count). The highest BCUT2D eigenvalue weighted by Gasteiger charge is 2.17. The SMILES string of the molecule is C[C@H](O)c1cccc(F)c1Oc1cc(Cl)c(Br)cc1Cl. The van der Waals surface area contributed by atoms with Crippen molar-refractivity contribution in [3.63, 3.8) is 0 Å². The molecule has 0 bridgehead atoms. The van der Waals surface area contributed by atoms with Gasteiger partial charge in [-0.25, -0.2) is 4.39 Å². The largest absolute Gasteiger partial charge is 0.452 e. The first kappa shape index (κ1) is 15.6. The lowest BCUT2D eigenvalue weighted by molar-refractivity contribution is 0.194. The van der Waals surface area contributed by atoms with E-state index in [1.807, 2.05) is 0 Å². The van der Waals surface area contributed by atoms with Gasteiger partial charge in [0.15, 0.2) is 11.6 Å². The van der Waals surface area contributed by atoms with Crippen LogP contribution in [-0.4, -0.2) is 5.11 Å². The number of hydrogen-bond acceptors (Lipinski definition) is 2. The lowest BCUT2D eigenvalue weighted by atomic mass is 10.1. The van der Waals surface area contributed by atoms with Crippen molar-refractivity contribution in [1.29, 1.82) is 0 Å². The van der Waals surface area contributed by atoms with E-state index in [1.165, 1.54) is 25.1 Å². The smallest absolute Gasteiger partial charge is 0.168 e. The van der Waals surface area contributed by atoms with Gasteiger partial charge in [0.05, 0.1) is 16.1 Å². The summed E-state index contributed by atoms with van der Waals surface area (Å²) in [6, 6.07) is 7.36. The number of benzene rings is 2. The topological polar surface area (TPSA) is 29.5 Å². The van der Waals surface area contributed by atoms with Crippen LogP contribution in [0.5, 0.6) is 11.5 Å². The molecule has 20 heavy (non-hydrogen) atoms. The Morgan fingerprint density at radius 2 is 1.95 bits per heavy atom. The number of rotatable bonds is 3. The van der Waals surface area contributed by atoms with Gasteiger partial charge in [0.25, 0.3) is 0 Å². The molecule has 0 aliphatic carbocycles. The maximum atomic E-state index is 13.9. The number of ether oxygens (including phenoxy) is 1. The summed E-state index contributed by atoms with van der Waals surface area (Å²) in [7, 11) is 0. The van der Waals surface area contributed by atoms with Crippen LogP contribution in [0.15, 0.2) is 34.8 Å². The van der Waals surface area contributed by atoms with E-state index in [0.29, 0.717) is 15.1 Å². The van der Waals surface area contributed by atoms with E-state index in [-0.39, 0.29) is 16.5 Å². The zero-order chi connectivity index (χ0) is 14.9. The predicted molar refractivity (Wildman–Crippen MR) is 81.3 cm³/mol. The highest BCUT2D eigenvalue weighted by Crippen LogP contribution is 2.39. The first-order chi connectivity index (χ1) is 9.40. The van der Waals surface area contributed by atoms with E-state index in [1.54, 1.807) is 12.1 Å². The second-order valence-corrected chi connectivity index (χ2v) is 5.80. The van der Waals surface area contributed by atoms with Crippen LogP contribution in [0.25, 0.3) is 0 Å². The van der Waals surface area contributed by atoms with Crippen LogP contribution < -0.4 is 4.74 Å². The minimum Gasteiger partial charge on any atom is -0.452 e. The number of hydrogen-bond donors (Lipinski definition) is 1. The lowest BCUT2D eigenvalue weighted by Gasteiger charge is -2.15. The van der Waals surface area contributed by atoms with Crippen molar-refractivity contribution in [2.75, 3.05) is 0 Å². The number of aliphatic hydroxyl groups is 1. The van der Waals surface area contributed by atoms with Gasteiger partial charge in [-0.1, -0.05) is 35.3 Å². The zero-order valence-electron chi connectivity index (χ0n) is 10.3. The molecule has 0 saturated heterocycles. The van der Waals surface area contributed by atoms with Crippen molar-refractivity contribution in [3.8, 4) is 11.5 Å². The molecule has 0 fully saturated rings. The highest BCUT2D eigenvalue weighted by atomic mass is 79.9. The Morgan fingerprint density at radius 1 is 1.25 bits per heavy atom. The fourth-order valence-electron chi connectivity index (χ4n) is 1.65. The molecule has 6 heteroatoms. The van der Waals surface area contributed by atoms with Crippen LogP contribution in [0.4, 0.5) is 4.39 Å². The Balaban J connectivity index is 2.47. The minimum atomic E-state index is -0.870. The fourth-order valence-corrected chi connectivity index (χ4v) is 2.49. The quantitative estimate of drug-likeness (QED) is 0.689. The third-order valence-corrected chi connectivity index (χ3v) is 4.13. The van der Waals surface area contributed by atoms with Gasteiger partial charge in [-0.2, -0.15) is 0 Å². The fraction of sp³-hybridized carbons (Fsp3) is 0.143. The summed E-state index contributed by atoms with van der Waals surface area (Å²) in [5.74, 6) is -0.437. The van der Waals surface area contributed by atoms with Crippen molar-refractivity contribution < 1.29 is 14.2 Å². The molecule has 106 valence electrons. The Morgan fingerprint density at radius 3 is 2.60 bits per heavy atom. The summed E-state index contributed by atoms with van der Waals surface area (Å²) < 4.78 is 20.0. The van der Waals surface area contributed by atoms with Gasteiger partial charge < -0.3 is 9.84 Å². The molecule has 1 atom stereocenters. The van der Waals surface area contributed by atoms with Crippen LogP contribution in [0.3, 0.4) is 0 Å². The lowest BCUT2D eigenvalue weighted by Crippen LogP contribution is -1.99. The molecule has 0 aliphatic heterocycles. The van der Waals surface area contributed by atoms with Gasteiger partial charge in [-0.05, 0) is 35.0 Å². The molecule has 0 saturated carbocycles. The average molecular weight is 380 g/mol. The van der Waals surface area contributed by atoms with Crippen molar-refractivity contribution in [1.82, 2.24) is 0 Å². The molecule has 2 aromatic carbocycles. The van der Waals surface area contributed by atoms with Crippen LogP contribution in [0.2, 0.25) is 10.0 Å². The van der Waals surface area contributed by atoms with E-state index >= 15 is 0 Å². The van der Waals surface area contributed by atoms with E-state index in [0.717, 1.165) is 0 Å². The first-order valence-corrected chi connectivity index (χ1v) is 7.24. The summed E-state index contributed by atoms with van der Waals surface area (Å²) in [6.07, 6.45) is -0.870. The van der Waals surface area contributed by atoms with Gasteiger partial charge in [0.1, 0.15) is 5.75 Å². The van der Waals surface area contributed by atoms with Gasteiger partial charge in [0, 0.05) is 16.1 Å². The molecular weight excluding hydrogens is 370 g/mol. The summed E-state index contributed by atoms with van der Waals surface area (Å²) >= 11 is 15.2. The second-order valence-electron chi connectivity index (χ2n) is 4.13. The third kappa shape index (κ3) is 3.26. The van der Waals surface area contributed by atoms with E-state index in [9.17, 15) is 9.50 Å². The van der Waals surface area contributed by atoms with Gasteiger partial charge in [0.2, 0.25) is 0 Å². The molecule has 1 N–H and O–H groups in total. The van der Waals surface area contributed by atoms with Crippen molar-refractivity contribution >= 4 is 39.1 Å². The Kier molecular flexibility index (Phi) is 4.91. The molecule has 0 unspecified atom stereocenters. The monoisotopic (exact) mass is 378 g/mol. The molecule has 0 aliphatic rings. The van der Waals surface area contributed by atoms with E-state index in [2.05, 4.69) is 15.9 Å². The van der Waals surface area contributed by atoms with Crippen LogP contribution >= 0.6 is 39.1 Å². The summed E-state index contributed by atoms with van der Waals surface area (Å²) in [5.41, 5.74) is 0.333. The maximum Gasteiger partial charge on any atom is 0.168 e. The van der Waals surface area contributed by atoms with Gasteiger partial charge >= 0.3 is 0 Å².